The van der Waals surface area contributed by atoms with Crippen molar-refractivity contribution in [2.45, 2.75) is 33.2 Å². The van der Waals surface area contributed by atoms with Crippen LogP contribution in [-0.4, -0.2) is 21.7 Å². The second kappa shape index (κ2) is 9.05. The molecule has 0 atom stereocenters. The van der Waals surface area contributed by atoms with Crippen molar-refractivity contribution in [3.63, 3.8) is 0 Å². The van der Waals surface area contributed by atoms with Gasteiger partial charge in [-0.1, -0.05) is 38.1 Å². The molecule has 29 heavy (non-hydrogen) atoms. The van der Waals surface area contributed by atoms with E-state index in [1.54, 1.807) is 41.2 Å². The first-order valence-corrected chi connectivity index (χ1v) is 9.47. The highest BCUT2D eigenvalue weighted by Gasteiger charge is 2.09. The molecule has 3 N–H and O–H groups in total. The van der Waals surface area contributed by atoms with Gasteiger partial charge in [0, 0.05) is 24.4 Å². The molecular weight excluding hydrogens is 366 g/mol. The van der Waals surface area contributed by atoms with E-state index in [0.717, 1.165) is 5.56 Å². The number of hydrogen-bond acceptors (Lipinski definition) is 3. The predicted octanol–water partition coefficient (Wildman–Crippen LogP) is 4.66. The van der Waals surface area contributed by atoms with Crippen LogP contribution in [0, 0.1) is 0 Å². The average molecular weight is 391 g/mol. The minimum atomic E-state index is -0.366. The highest BCUT2D eigenvalue weighted by Crippen LogP contribution is 2.17. The van der Waals surface area contributed by atoms with Crippen molar-refractivity contribution >= 4 is 29.1 Å². The summed E-state index contributed by atoms with van der Waals surface area (Å²) in [5, 5.41) is 12.6. The molecule has 0 saturated heterocycles. The summed E-state index contributed by atoms with van der Waals surface area (Å²) in [5.74, 6) is 0.947. The Hall–Kier alpha value is -3.61. The number of anilines is 3. The molecule has 3 aromatic rings. The molecule has 3 rings (SSSR count). The third kappa shape index (κ3) is 5.68. The third-order valence-electron chi connectivity index (χ3n) is 4.40. The van der Waals surface area contributed by atoms with Gasteiger partial charge in [-0.25, -0.2) is 9.48 Å². The van der Waals surface area contributed by atoms with Crippen LogP contribution >= 0.6 is 0 Å². The minimum absolute atomic E-state index is 0.143. The molecule has 0 aliphatic carbocycles. The first-order chi connectivity index (χ1) is 13.9. The van der Waals surface area contributed by atoms with E-state index in [2.05, 4.69) is 59.2 Å². The van der Waals surface area contributed by atoms with Crippen molar-refractivity contribution in [2.75, 3.05) is 16.0 Å². The monoisotopic (exact) mass is 391 g/mol. The number of rotatable bonds is 6. The van der Waals surface area contributed by atoms with Gasteiger partial charge in [0.15, 0.2) is 0 Å². The molecule has 150 valence electrons. The van der Waals surface area contributed by atoms with E-state index in [0.29, 0.717) is 29.7 Å². The number of benzene rings is 2. The van der Waals surface area contributed by atoms with Gasteiger partial charge in [0.05, 0.1) is 12.7 Å². The Balaban J connectivity index is 1.60. The van der Waals surface area contributed by atoms with Crippen molar-refractivity contribution in [3.05, 3.63) is 71.9 Å². The van der Waals surface area contributed by atoms with Crippen LogP contribution in [0.15, 0.2) is 60.8 Å². The van der Waals surface area contributed by atoms with Crippen molar-refractivity contribution in [2.24, 2.45) is 0 Å². The fraction of sp³-hybridized carbons (Fsp3) is 0.227. The van der Waals surface area contributed by atoms with Crippen LogP contribution in [0.25, 0.3) is 0 Å². The SMILES string of the molecule is CC(=O)Nc1ccc(NC(=O)Nc2ccnn2Cc2ccc(C(C)C)cc2)cc1. The Labute approximate surface area is 170 Å². The molecule has 2 aromatic carbocycles. The summed E-state index contributed by atoms with van der Waals surface area (Å²) in [5.41, 5.74) is 3.68. The lowest BCUT2D eigenvalue weighted by Gasteiger charge is -2.11. The van der Waals surface area contributed by atoms with E-state index in [1.807, 2.05) is 0 Å². The zero-order valence-corrected chi connectivity index (χ0v) is 16.8. The molecule has 0 spiro atoms. The summed E-state index contributed by atoms with van der Waals surface area (Å²) in [7, 11) is 0. The van der Waals surface area contributed by atoms with Crippen molar-refractivity contribution in [1.82, 2.24) is 9.78 Å². The topological polar surface area (TPSA) is 88.1 Å². The molecule has 0 radical (unpaired) electrons. The number of urea groups is 1. The zero-order valence-electron chi connectivity index (χ0n) is 16.8. The Bertz CT molecular complexity index is 975. The van der Waals surface area contributed by atoms with E-state index in [4.69, 9.17) is 0 Å². The first-order valence-electron chi connectivity index (χ1n) is 9.47. The summed E-state index contributed by atoms with van der Waals surface area (Å²) in [6.45, 7) is 6.33. The molecule has 7 heteroatoms. The van der Waals surface area contributed by atoms with Gasteiger partial charge in [-0.15, -0.1) is 0 Å². The lowest BCUT2D eigenvalue weighted by Crippen LogP contribution is -2.21. The predicted molar refractivity (Wildman–Crippen MR) is 115 cm³/mol. The van der Waals surface area contributed by atoms with E-state index in [9.17, 15) is 9.59 Å². The van der Waals surface area contributed by atoms with Gasteiger partial charge in [0.2, 0.25) is 5.91 Å². The summed E-state index contributed by atoms with van der Waals surface area (Å²) in [4.78, 5) is 23.4. The number of nitrogens with one attached hydrogen (secondary N) is 3. The molecule has 0 aliphatic heterocycles. The lowest BCUT2D eigenvalue weighted by molar-refractivity contribution is -0.114. The maximum atomic E-state index is 12.3. The average Bonchev–Trinajstić information content (AvgIpc) is 3.10. The van der Waals surface area contributed by atoms with Crippen LogP contribution in [-0.2, 0) is 11.3 Å². The Morgan fingerprint density at radius 2 is 1.52 bits per heavy atom. The molecule has 1 heterocycles. The quantitative estimate of drug-likeness (QED) is 0.571. The molecule has 0 bridgehead atoms. The minimum Gasteiger partial charge on any atom is -0.326 e. The molecule has 0 unspecified atom stereocenters. The maximum Gasteiger partial charge on any atom is 0.324 e. The van der Waals surface area contributed by atoms with Crippen molar-refractivity contribution < 1.29 is 9.59 Å². The zero-order chi connectivity index (χ0) is 20.8. The lowest BCUT2D eigenvalue weighted by atomic mass is 10.0. The molecule has 7 nitrogen and oxygen atoms in total. The molecule has 3 amide bonds. The van der Waals surface area contributed by atoms with E-state index in [1.165, 1.54) is 12.5 Å². The van der Waals surface area contributed by atoms with E-state index in [-0.39, 0.29) is 11.9 Å². The summed E-state index contributed by atoms with van der Waals surface area (Å²) in [6, 6.07) is 16.7. The highest BCUT2D eigenvalue weighted by molar-refractivity contribution is 5.99. The van der Waals surface area contributed by atoms with Gasteiger partial charge in [-0.3, -0.25) is 10.1 Å². The number of amides is 3. The van der Waals surface area contributed by atoms with E-state index < -0.39 is 0 Å². The molecule has 0 fully saturated rings. The Kier molecular flexibility index (Phi) is 6.29. The molecule has 0 aliphatic rings. The van der Waals surface area contributed by atoms with Crippen molar-refractivity contribution in [3.8, 4) is 0 Å². The summed E-state index contributed by atoms with van der Waals surface area (Å²) < 4.78 is 1.74. The van der Waals surface area contributed by atoms with Crippen LogP contribution in [0.3, 0.4) is 0 Å². The number of nitrogens with zero attached hydrogens (tertiary/aromatic N) is 2. The molecule has 1 aromatic heterocycles. The third-order valence-corrected chi connectivity index (χ3v) is 4.40. The number of aromatic nitrogens is 2. The summed E-state index contributed by atoms with van der Waals surface area (Å²) >= 11 is 0. The van der Waals surface area contributed by atoms with Crippen LogP contribution < -0.4 is 16.0 Å². The van der Waals surface area contributed by atoms with Gasteiger partial charge < -0.3 is 10.6 Å². The van der Waals surface area contributed by atoms with Crippen molar-refractivity contribution in [1.29, 1.82) is 0 Å². The normalized spacial score (nSPS) is 10.6. The fourth-order valence-corrected chi connectivity index (χ4v) is 2.86. The second-order valence-electron chi connectivity index (χ2n) is 7.11. The smallest absolute Gasteiger partial charge is 0.324 e. The number of carbonyl (C=O) groups is 2. The van der Waals surface area contributed by atoms with Crippen LogP contribution in [0.4, 0.5) is 22.0 Å². The standard InChI is InChI=1S/C22H25N5O2/c1-15(2)18-6-4-17(5-7-18)14-27-21(12-13-23-27)26-22(29)25-20-10-8-19(9-11-20)24-16(3)28/h4-13,15H,14H2,1-3H3,(H,24,28)(H2,25,26,29). The van der Waals surface area contributed by atoms with Crippen LogP contribution in [0.5, 0.6) is 0 Å². The number of hydrogen-bond donors (Lipinski definition) is 3. The van der Waals surface area contributed by atoms with Crippen LogP contribution in [0.1, 0.15) is 37.8 Å². The van der Waals surface area contributed by atoms with E-state index >= 15 is 0 Å². The maximum absolute atomic E-state index is 12.3. The second-order valence-corrected chi connectivity index (χ2v) is 7.11. The van der Waals surface area contributed by atoms with Gasteiger partial charge in [0.1, 0.15) is 5.82 Å². The molecular formula is C22H25N5O2. The van der Waals surface area contributed by atoms with Gasteiger partial charge in [-0.2, -0.15) is 5.10 Å². The molecule has 0 saturated carbocycles. The Morgan fingerprint density at radius 1 is 0.897 bits per heavy atom. The van der Waals surface area contributed by atoms with Gasteiger partial charge in [-0.05, 0) is 41.3 Å². The summed E-state index contributed by atoms with van der Waals surface area (Å²) in [6.07, 6.45) is 1.65. The van der Waals surface area contributed by atoms with Crippen LogP contribution in [0.2, 0.25) is 0 Å². The highest BCUT2D eigenvalue weighted by atomic mass is 16.2. The largest absolute Gasteiger partial charge is 0.326 e. The van der Waals surface area contributed by atoms with Gasteiger partial charge in [0.25, 0.3) is 0 Å². The Morgan fingerprint density at radius 3 is 2.10 bits per heavy atom. The van der Waals surface area contributed by atoms with Gasteiger partial charge >= 0.3 is 6.03 Å². The fourth-order valence-electron chi connectivity index (χ4n) is 2.86. The number of carbonyl (C=O) groups excluding carboxylic acids is 2. The first kappa shape index (κ1) is 20.1.